The van der Waals surface area contributed by atoms with Gasteiger partial charge in [-0.05, 0) is 12.8 Å². The van der Waals surface area contributed by atoms with Crippen LogP contribution in [0.2, 0.25) is 0 Å². The highest BCUT2D eigenvalue weighted by molar-refractivity contribution is 5.83. The standard InChI is InChI=1S/C9H14N2O3/c1-4-13-9(12)8-11-10-7(14-8)5-6(2)3/h6H,4-5H2,1-3H3. The Hall–Kier alpha value is -1.39. The number of ether oxygens (including phenoxy) is 1. The quantitative estimate of drug-likeness (QED) is 0.685. The first-order valence-corrected chi connectivity index (χ1v) is 4.63. The molecule has 1 aromatic heterocycles. The van der Waals surface area contributed by atoms with Crippen LogP contribution in [0.1, 0.15) is 37.3 Å². The summed E-state index contributed by atoms with van der Waals surface area (Å²) >= 11 is 0. The summed E-state index contributed by atoms with van der Waals surface area (Å²) in [5, 5.41) is 7.34. The SMILES string of the molecule is CCOC(=O)c1nnc(CC(C)C)o1. The minimum absolute atomic E-state index is 0.0671. The molecule has 0 bridgehead atoms. The third kappa shape index (κ3) is 2.83. The van der Waals surface area contributed by atoms with Crippen LogP contribution in [0, 0.1) is 5.92 Å². The fourth-order valence-electron chi connectivity index (χ4n) is 0.961. The number of hydrogen-bond donors (Lipinski definition) is 0. The van der Waals surface area contributed by atoms with Crippen molar-refractivity contribution in [1.82, 2.24) is 10.2 Å². The third-order valence-corrected chi connectivity index (χ3v) is 1.50. The lowest BCUT2D eigenvalue weighted by Gasteiger charge is -1.97. The second-order valence-corrected chi connectivity index (χ2v) is 3.32. The largest absolute Gasteiger partial charge is 0.459 e. The van der Waals surface area contributed by atoms with E-state index >= 15 is 0 Å². The van der Waals surface area contributed by atoms with E-state index in [0.717, 1.165) is 0 Å². The number of hydrogen-bond acceptors (Lipinski definition) is 5. The Morgan fingerprint density at radius 2 is 2.21 bits per heavy atom. The molecule has 0 spiro atoms. The van der Waals surface area contributed by atoms with Crippen molar-refractivity contribution in [1.29, 1.82) is 0 Å². The smallest absolute Gasteiger partial charge is 0.396 e. The Kier molecular flexibility index (Phi) is 3.62. The van der Waals surface area contributed by atoms with Gasteiger partial charge in [0.15, 0.2) is 0 Å². The molecule has 0 amide bonds. The topological polar surface area (TPSA) is 65.2 Å². The molecule has 1 rings (SSSR count). The second kappa shape index (κ2) is 4.74. The van der Waals surface area contributed by atoms with Gasteiger partial charge in [0.25, 0.3) is 0 Å². The van der Waals surface area contributed by atoms with Crippen molar-refractivity contribution in [3.8, 4) is 0 Å². The molecule has 0 atom stereocenters. The number of carbonyl (C=O) groups is 1. The van der Waals surface area contributed by atoms with Gasteiger partial charge in [-0.2, -0.15) is 0 Å². The molecule has 0 aliphatic rings. The highest BCUT2D eigenvalue weighted by Crippen LogP contribution is 2.07. The highest BCUT2D eigenvalue weighted by Gasteiger charge is 2.15. The van der Waals surface area contributed by atoms with Crippen LogP contribution in [-0.4, -0.2) is 22.8 Å². The van der Waals surface area contributed by atoms with Crippen molar-refractivity contribution in [2.45, 2.75) is 27.2 Å². The summed E-state index contributed by atoms with van der Waals surface area (Å²) in [6, 6.07) is 0. The molecule has 0 aromatic carbocycles. The zero-order valence-corrected chi connectivity index (χ0v) is 8.61. The van der Waals surface area contributed by atoms with Gasteiger partial charge in [0.2, 0.25) is 5.89 Å². The number of rotatable bonds is 4. The van der Waals surface area contributed by atoms with E-state index in [1.54, 1.807) is 6.92 Å². The van der Waals surface area contributed by atoms with Crippen LogP contribution >= 0.6 is 0 Å². The van der Waals surface area contributed by atoms with E-state index in [1.807, 2.05) is 13.8 Å². The number of nitrogens with zero attached hydrogens (tertiary/aromatic N) is 2. The first-order chi connectivity index (χ1) is 6.63. The molecule has 0 unspecified atom stereocenters. The van der Waals surface area contributed by atoms with Crippen molar-refractivity contribution in [2.75, 3.05) is 6.61 Å². The number of carbonyl (C=O) groups excluding carboxylic acids is 1. The van der Waals surface area contributed by atoms with Crippen LogP contribution in [0.3, 0.4) is 0 Å². The summed E-state index contributed by atoms with van der Waals surface area (Å²) in [6.07, 6.45) is 0.673. The molecule has 0 fully saturated rings. The van der Waals surface area contributed by atoms with E-state index in [-0.39, 0.29) is 5.89 Å². The van der Waals surface area contributed by atoms with E-state index < -0.39 is 5.97 Å². The Morgan fingerprint density at radius 1 is 1.50 bits per heavy atom. The van der Waals surface area contributed by atoms with Crippen LogP contribution < -0.4 is 0 Å². The minimum Gasteiger partial charge on any atom is -0.459 e. The highest BCUT2D eigenvalue weighted by atomic mass is 16.5. The van der Waals surface area contributed by atoms with Crippen molar-refractivity contribution < 1.29 is 13.9 Å². The van der Waals surface area contributed by atoms with Crippen LogP contribution in [0.5, 0.6) is 0 Å². The maximum atomic E-state index is 11.1. The lowest BCUT2D eigenvalue weighted by atomic mass is 10.1. The molecule has 0 N–H and O–H groups in total. The first kappa shape index (κ1) is 10.7. The fraction of sp³-hybridized carbons (Fsp3) is 0.667. The second-order valence-electron chi connectivity index (χ2n) is 3.32. The Balaban J connectivity index is 2.63. The molecule has 78 valence electrons. The summed E-state index contributed by atoms with van der Waals surface area (Å²) in [4.78, 5) is 11.1. The van der Waals surface area contributed by atoms with Gasteiger partial charge in [-0.15, -0.1) is 10.2 Å². The summed E-state index contributed by atoms with van der Waals surface area (Å²) in [6.45, 7) is 6.10. The summed E-state index contributed by atoms with van der Waals surface area (Å²) < 4.78 is 9.82. The molecule has 0 saturated heterocycles. The predicted octanol–water partition coefficient (Wildman–Crippen LogP) is 1.44. The van der Waals surface area contributed by atoms with Crippen LogP contribution in [0.15, 0.2) is 4.42 Å². The molecular formula is C9H14N2O3. The van der Waals surface area contributed by atoms with Gasteiger partial charge in [-0.25, -0.2) is 4.79 Å². The maximum absolute atomic E-state index is 11.1. The monoisotopic (exact) mass is 198 g/mol. The van der Waals surface area contributed by atoms with Crippen LogP contribution in [-0.2, 0) is 11.2 Å². The van der Waals surface area contributed by atoms with Gasteiger partial charge in [-0.1, -0.05) is 13.8 Å². The van der Waals surface area contributed by atoms with Gasteiger partial charge in [-0.3, -0.25) is 0 Å². The van der Waals surface area contributed by atoms with Gasteiger partial charge in [0.1, 0.15) is 0 Å². The average Bonchev–Trinajstić information content (AvgIpc) is 2.52. The molecule has 5 heteroatoms. The van der Waals surface area contributed by atoms with Gasteiger partial charge >= 0.3 is 11.9 Å². The van der Waals surface area contributed by atoms with Gasteiger partial charge in [0, 0.05) is 6.42 Å². The van der Waals surface area contributed by atoms with E-state index in [9.17, 15) is 4.79 Å². The minimum atomic E-state index is -0.560. The molecular weight excluding hydrogens is 184 g/mol. The molecule has 0 saturated carbocycles. The molecule has 1 heterocycles. The van der Waals surface area contributed by atoms with Crippen molar-refractivity contribution in [3.63, 3.8) is 0 Å². The van der Waals surface area contributed by atoms with E-state index in [0.29, 0.717) is 24.8 Å². The third-order valence-electron chi connectivity index (χ3n) is 1.50. The Morgan fingerprint density at radius 3 is 2.79 bits per heavy atom. The molecule has 14 heavy (non-hydrogen) atoms. The summed E-state index contributed by atoms with van der Waals surface area (Å²) in [5.74, 6) is 0.269. The lowest BCUT2D eigenvalue weighted by Crippen LogP contribution is -2.04. The van der Waals surface area contributed by atoms with Crippen molar-refractivity contribution >= 4 is 5.97 Å². The zero-order chi connectivity index (χ0) is 10.6. The van der Waals surface area contributed by atoms with E-state index in [2.05, 4.69) is 10.2 Å². The van der Waals surface area contributed by atoms with Crippen molar-refractivity contribution in [3.05, 3.63) is 11.8 Å². The molecule has 0 radical (unpaired) electrons. The summed E-state index contributed by atoms with van der Waals surface area (Å²) in [5.41, 5.74) is 0. The number of esters is 1. The lowest BCUT2D eigenvalue weighted by molar-refractivity contribution is 0.0478. The first-order valence-electron chi connectivity index (χ1n) is 4.63. The predicted molar refractivity (Wildman–Crippen MR) is 48.8 cm³/mol. The van der Waals surface area contributed by atoms with Gasteiger partial charge < -0.3 is 9.15 Å². The molecule has 1 aromatic rings. The zero-order valence-electron chi connectivity index (χ0n) is 8.61. The molecule has 5 nitrogen and oxygen atoms in total. The normalized spacial score (nSPS) is 10.6. The molecule has 0 aliphatic carbocycles. The maximum Gasteiger partial charge on any atom is 0.396 e. The van der Waals surface area contributed by atoms with E-state index in [4.69, 9.17) is 9.15 Å². The Labute approximate surface area is 82.5 Å². The van der Waals surface area contributed by atoms with Gasteiger partial charge in [0.05, 0.1) is 6.61 Å². The number of aromatic nitrogens is 2. The fourth-order valence-corrected chi connectivity index (χ4v) is 0.961. The van der Waals surface area contributed by atoms with E-state index in [1.165, 1.54) is 0 Å². The van der Waals surface area contributed by atoms with Crippen LogP contribution in [0.4, 0.5) is 0 Å². The van der Waals surface area contributed by atoms with Crippen LogP contribution in [0.25, 0.3) is 0 Å². The average molecular weight is 198 g/mol. The Bertz CT molecular complexity index is 307. The van der Waals surface area contributed by atoms with Crippen molar-refractivity contribution in [2.24, 2.45) is 5.92 Å². The molecule has 0 aliphatic heterocycles. The summed E-state index contributed by atoms with van der Waals surface area (Å²) in [7, 11) is 0.